The number of fused-ring (bicyclic) bond motifs is 1. The van der Waals surface area contributed by atoms with Crippen molar-refractivity contribution in [3.05, 3.63) is 59.1 Å². The van der Waals surface area contributed by atoms with Crippen molar-refractivity contribution in [1.29, 1.82) is 0 Å². The van der Waals surface area contributed by atoms with Crippen LogP contribution in [0.2, 0.25) is 5.02 Å². The molecule has 1 aromatic heterocycles. The lowest BCUT2D eigenvalue weighted by Crippen LogP contribution is -2.29. The van der Waals surface area contributed by atoms with Crippen LogP contribution in [0.5, 0.6) is 0 Å². The molecule has 0 aliphatic rings. The van der Waals surface area contributed by atoms with E-state index in [-0.39, 0.29) is 18.2 Å². The zero-order valence-electron chi connectivity index (χ0n) is 13.5. The molecule has 2 amide bonds. The third-order valence-corrected chi connectivity index (χ3v) is 3.94. The summed E-state index contributed by atoms with van der Waals surface area (Å²) >= 11 is 5.89. The van der Waals surface area contributed by atoms with Gasteiger partial charge in [-0.05, 0) is 29.8 Å². The highest BCUT2D eigenvalue weighted by atomic mass is 35.5. The van der Waals surface area contributed by atoms with E-state index >= 15 is 0 Å². The van der Waals surface area contributed by atoms with Crippen molar-refractivity contribution >= 4 is 40.4 Å². The van der Waals surface area contributed by atoms with Gasteiger partial charge >= 0.3 is 0 Å². The maximum atomic E-state index is 12.4. The largest absolute Gasteiger partial charge is 0.349 e. The van der Waals surface area contributed by atoms with Crippen LogP contribution in [0.15, 0.2) is 48.5 Å². The smallest absolute Gasteiger partial charge is 0.229 e. The van der Waals surface area contributed by atoms with E-state index < -0.39 is 6.04 Å². The maximum Gasteiger partial charge on any atom is 0.229 e. The summed E-state index contributed by atoms with van der Waals surface area (Å²) in [5.74, 6) is -0.0897. The fourth-order valence-electron chi connectivity index (χ4n) is 2.57. The molecule has 0 fully saturated rings. The van der Waals surface area contributed by atoms with Crippen LogP contribution in [-0.4, -0.2) is 21.8 Å². The summed E-state index contributed by atoms with van der Waals surface area (Å²) in [6.45, 7) is 1.42. The molecule has 0 spiro atoms. The monoisotopic (exact) mass is 356 g/mol. The van der Waals surface area contributed by atoms with Crippen molar-refractivity contribution in [3.8, 4) is 0 Å². The predicted molar refractivity (Wildman–Crippen MR) is 97.4 cm³/mol. The number of benzene rings is 2. The van der Waals surface area contributed by atoms with Crippen molar-refractivity contribution in [1.82, 2.24) is 15.3 Å². The first-order chi connectivity index (χ1) is 12.0. The Labute approximate surface area is 149 Å². The quantitative estimate of drug-likeness (QED) is 0.654. The summed E-state index contributed by atoms with van der Waals surface area (Å²) in [6.07, 6.45) is 0.0816. The van der Waals surface area contributed by atoms with Gasteiger partial charge in [0.15, 0.2) is 0 Å². The fourth-order valence-corrected chi connectivity index (χ4v) is 2.70. The Kier molecular flexibility index (Phi) is 5.00. The van der Waals surface area contributed by atoms with Gasteiger partial charge in [0, 0.05) is 11.9 Å². The first-order valence-corrected chi connectivity index (χ1v) is 8.16. The van der Waals surface area contributed by atoms with Gasteiger partial charge in [-0.2, -0.15) is 0 Å². The van der Waals surface area contributed by atoms with Gasteiger partial charge in [0.25, 0.3) is 0 Å². The normalized spacial score (nSPS) is 11.9. The number of imidazole rings is 1. The molecule has 0 bridgehead atoms. The van der Waals surface area contributed by atoms with E-state index in [0.717, 1.165) is 16.6 Å². The first-order valence-electron chi connectivity index (χ1n) is 7.78. The van der Waals surface area contributed by atoms with Gasteiger partial charge in [0.2, 0.25) is 17.8 Å². The fraction of sp³-hybridized carbons (Fsp3) is 0.167. The molecule has 6 nitrogen and oxygen atoms in total. The standard InChI is InChI=1S/C18H17ClN4O2/c1-11(24)20-16(12-6-8-13(19)9-7-12)10-17(25)23-18-21-14-4-2-3-5-15(14)22-18/h2-9,16H,10H2,1H3,(H,20,24)(H2,21,22,23,25)/t16-/m1/s1. The van der Waals surface area contributed by atoms with Crippen LogP contribution < -0.4 is 10.6 Å². The molecule has 0 aliphatic carbocycles. The predicted octanol–water partition coefficient (Wildman–Crippen LogP) is 3.42. The maximum absolute atomic E-state index is 12.4. The van der Waals surface area contributed by atoms with E-state index in [9.17, 15) is 9.59 Å². The molecule has 3 aromatic rings. The lowest BCUT2D eigenvalue weighted by Gasteiger charge is -2.17. The number of hydrogen-bond donors (Lipinski definition) is 3. The number of carbonyl (C=O) groups is 2. The molecule has 0 aliphatic heterocycles. The molecule has 2 aromatic carbocycles. The number of H-pyrrole nitrogens is 1. The van der Waals surface area contributed by atoms with Crippen LogP contribution in [0, 0.1) is 0 Å². The van der Waals surface area contributed by atoms with E-state index in [1.165, 1.54) is 6.92 Å². The number of amides is 2. The van der Waals surface area contributed by atoms with Crippen LogP contribution in [-0.2, 0) is 9.59 Å². The number of halogens is 1. The second kappa shape index (κ2) is 7.36. The van der Waals surface area contributed by atoms with Crippen molar-refractivity contribution in [2.24, 2.45) is 0 Å². The Morgan fingerprint density at radius 1 is 1.16 bits per heavy atom. The molecule has 0 saturated carbocycles. The molecule has 0 unspecified atom stereocenters. The summed E-state index contributed by atoms with van der Waals surface area (Å²) < 4.78 is 0. The molecular formula is C18H17ClN4O2. The Morgan fingerprint density at radius 3 is 2.56 bits per heavy atom. The highest BCUT2D eigenvalue weighted by Gasteiger charge is 2.18. The number of anilines is 1. The number of rotatable bonds is 5. The Balaban J connectivity index is 1.72. The summed E-state index contributed by atoms with van der Waals surface area (Å²) in [7, 11) is 0. The highest BCUT2D eigenvalue weighted by molar-refractivity contribution is 6.30. The van der Waals surface area contributed by atoms with Gasteiger partial charge in [-0.15, -0.1) is 0 Å². The number of nitrogens with zero attached hydrogens (tertiary/aromatic N) is 1. The Bertz CT molecular complexity index is 872. The average Bonchev–Trinajstić information content (AvgIpc) is 2.96. The van der Waals surface area contributed by atoms with Gasteiger partial charge in [-0.25, -0.2) is 4.98 Å². The Morgan fingerprint density at radius 2 is 1.88 bits per heavy atom. The van der Waals surface area contributed by atoms with Gasteiger partial charge in [-0.3, -0.25) is 14.9 Å². The molecule has 1 heterocycles. The molecule has 7 heteroatoms. The van der Waals surface area contributed by atoms with Crippen LogP contribution in [0.1, 0.15) is 24.9 Å². The number of nitrogens with one attached hydrogen (secondary N) is 3. The van der Waals surface area contributed by atoms with Gasteiger partial charge in [0.1, 0.15) is 0 Å². The summed E-state index contributed by atoms with van der Waals surface area (Å²) in [5.41, 5.74) is 2.42. The van der Waals surface area contributed by atoms with Crippen LogP contribution >= 0.6 is 11.6 Å². The molecule has 25 heavy (non-hydrogen) atoms. The minimum atomic E-state index is -0.445. The summed E-state index contributed by atoms with van der Waals surface area (Å²) in [4.78, 5) is 31.2. The first kappa shape index (κ1) is 17.0. The number of hydrogen-bond acceptors (Lipinski definition) is 3. The zero-order valence-corrected chi connectivity index (χ0v) is 14.3. The minimum Gasteiger partial charge on any atom is -0.349 e. The SMILES string of the molecule is CC(=O)N[C@H](CC(=O)Nc1nc2ccccc2[nH]1)c1ccc(Cl)cc1. The number of para-hydroxylation sites is 2. The van der Waals surface area contributed by atoms with Crippen molar-refractivity contribution in [2.75, 3.05) is 5.32 Å². The lowest BCUT2D eigenvalue weighted by atomic mass is 10.0. The third kappa shape index (κ3) is 4.36. The Hall–Kier alpha value is -2.86. The molecule has 3 rings (SSSR count). The average molecular weight is 357 g/mol. The van der Waals surface area contributed by atoms with Gasteiger partial charge < -0.3 is 10.3 Å². The second-order valence-electron chi connectivity index (χ2n) is 5.66. The lowest BCUT2D eigenvalue weighted by molar-refractivity contribution is -0.120. The van der Waals surface area contributed by atoms with E-state index in [1.807, 2.05) is 24.3 Å². The molecule has 128 valence electrons. The number of carbonyl (C=O) groups excluding carboxylic acids is 2. The number of aromatic nitrogens is 2. The zero-order chi connectivity index (χ0) is 17.8. The van der Waals surface area contributed by atoms with Crippen LogP contribution in [0.25, 0.3) is 11.0 Å². The molecule has 0 saturated heterocycles. The minimum absolute atomic E-state index is 0.0816. The van der Waals surface area contributed by atoms with E-state index in [4.69, 9.17) is 11.6 Å². The summed E-state index contributed by atoms with van der Waals surface area (Å²) in [6, 6.07) is 14.1. The highest BCUT2D eigenvalue weighted by Crippen LogP contribution is 2.20. The number of aromatic amines is 1. The van der Waals surface area contributed by atoms with E-state index in [0.29, 0.717) is 11.0 Å². The van der Waals surface area contributed by atoms with Crippen molar-refractivity contribution in [3.63, 3.8) is 0 Å². The second-order valence-corrected chi connectivity index (χ2v) is 6.10. The van der Waals surface area contributed by atoms with E-state index in [1.54, 1.807) is 24.3 Å². The van der Waals surface area contributed by atoms with Gasteiger partial charge in [-0.1, -0.05) is 35.9 Å². The molecular weight excluding hydrogens is 340 g/mol. The molecule has 3 N–H and O–H groups in total. The van der Waals surface area contributed by atoms with E-state index in [2.05, 4.69) is 20.6 Å². The summed E-state index contributed by atoms with van der Waals surface area (Å²) in [5, 5.41) is 6.11. The van der Waals surface area contributed by atoms with Crippen LogP contribution in [0.3, 0.4) is 0 Å². The topological polar surface area (TPSA) is 86.9 Å². The molecule has 1 atom stereocenters. The van der Waals surface area contributed by atoms with Crippen LogP contribution in [0.4, 0.5) is 5.95 Å². The third-order valence-electron chi connectivity index (χ3n) is 3.69. The van der Waals surface area contributed by atoms with Crippen molar-refractivity contribution < 1.29 is 9.59 Å². The van der Waals surface area contributed by atoms with Gasteiger partial charge in [0.05, 0.1) is 23.5 Å². The van der Waals surface area contributed by atoms with Crippen molar-refractivity contribution in [2.45, 2.75) is 19.4 Å². The molecule has 0 radical (unpaired) electrons.